The minimum atomic E-state index is -1.35. The van der Waals surface area contributed by atoms with Crippen LogP contribution in [0.25, 0.3) is 11.1 Å². The number of methoxy groups -OCH3 is 1. The molecule has 2 aromatic carbocycles. The first-order chi connectivity index (χ1) is 16.7. The number of hydrogen-bond donors (Lipinski definition) is 2. The average Bonchev–Trinajstić information content (AvgIpc) is 3.16. The highest BCUT2D eigenvalue weighted by Gasteiger charge is 2.43. The van der Waals surface area contributed by atoms with E-state index in [4.69, 9.17) is 9.47 Å². The number of benzene rings is 2. The Labute approximate surface area is 205 Å². The number of hydrogen-bond acceptors (Lipinski definition) is 5. The number of carboxylic acids is 1. The zero-order valence-electron chi connectivity index (χ0n) is 20.3. The second-order valence-corrected chi connectivity index (χ2v) is 9.62. The summed E-state index contributed by atoms with van der Waals surface area (Å²) in [4.78, 5) is 39.3. The fraction of sp³-hybridized carbons (Fsp3) is 0.444. The van der Waals surface area contributed by atoms with E-state index in [9.17, 15) is 19.5 Å². The van der Waals surface area contributed by atoms with Gasteiger partial charge in [0.2, 0.25) is 0 Å². The van der Waals surface area contributed by atoms with Gasteiger partial charge in [-0.1, -0.05) is 48.5 Å². The molecule has 2 amide bonds. The number of nitrogens with zero attached hydrogens (tertiary/aromatic N) is 1. The molecule has 186 valence electrons. The fourth-order valence-electron chi connectivity index (χ4n) is 5.31. The number of carbonyl (C=O) groups excluding carboxylic acids is 2. The lowest BCUT2D eigenvalue weighted by Gasteiger charge is -2.41. The third-order valence-corrected chi connectivity index (χ3v) is 7.11. The number of carbonyl (C=O) groups is 3. The Balaban J connectivity index is 1.44. The van der Waals surface area contributed by atoms with Crippen molar-refractivity contribution in [3.8, 4) is 11.1 Å². The molecule has 0 spiro atoms. The molecule has 1 saturated heterocycles. The van der Waals surface area contributed by atoms with Gasteiger partial charge >= 0.3 is 12.1 Å². The number of piperidine rings is 1. The molecule has 3 atom stereocenters. The van der Waals surface area contributed by atoms with Crippen LogP contribution in [0.5, 0.6) is 0 Å². The highest BCUT2D eigenvalue weighted by atomic mass is 16.5. The summed E-state index contributed by atoms with van der Waals surface area (Å²) in [7, 11) is 1.46. The summed E-state index contributed by atoms with van der Waals surface area (Å²) in [6.07, 6.45) is 0.0435. The van der Waals surface area contributed by atoms with Gasteiger partial charge in [0.15, 0.2) is 0 Å². The predicted octanol–water partition coefficient (Wildman–Crippen LogP) is 3.64. The normalized spacial score (nSPS) is 20.9. The summed E-state index contributed by atoms with van der Waals surface area (Å²) < 4.78 is 10.9. The van der Waals surface area contributed by atoms with E-state index in [0.29, 0.717) is 19.4 Å². The molecular formula is C27H32N2O6. The zero-order chi connectivity index (χ0) is 25.2. The number of likely N-dealkylation sites (tertiary alicyclic amines) is 1. The number of ether oxygens (including phenoxy) is 2. The molecule has 8 heteroatoms. The van der Waals surface area contributed by atoms with Crippen molar-refractivity contribution in [2.75, 3.05) is 26.9 Å². The average molecular weight is 481 g/mol. The van der Waals surface area contributed by atoms with Crippen LogP contribution in [0.1, 0.15) is 43.7 Å². The Kier molecular flexibility index (Phi) is 7.12. The summed E-state index contributed by atoms with van der Waals surface area (Å²) in [5.41, 5.74) is 3.13. The molecule has 1 fully saturated rings. The van der Waals surface area contributed by atoms with E-state index in [-0.39, 0.29) is 31.1 Å². The van der Waals surface area contributed by atoms with E-state index in [1.807, 2.05) is 43.3 Å². The quantitative estimate of drug-likeness (QED) is 0.627. The van der Waals surface area contributed by atoms with Crippen molar-refractivity contribution in [2.24, 2.45) is 5.92 Å². The number of aliphatic carboxylic acids is 1. The number of amides is 2. The van der Waals surface area contributed by atoms with Crippen molar-refractivity contribution in [2.45, 2.75) is 44.2 Å². The van der Waals surface area contributed by atoms with E-state index >= 15 is 0 Å². The second-order valence-electron chi connectivity index (χ2n) is 9.62. The highest BCUT2D eigenvalue weighted by Crippen LogP contribution is 2.44. The maximum Gasteiger partial charge on any atom is 0.408 e. The molecule has 0 aromatic heterocycles. The SMILES string of the molecule is COCC(C)(NC(=O)OCC1c2ccccc2-c2ccccc21)C(=O)N1CC[C@H](C(=O)O)C[C@@H]1C. The standard InChI is InChI=1S/C27H32N2O6/c1-17-14-18(24(30)31)12-13-29(17)25(32)27(2,16-34-3)28-26(33)35-15-23-21-10-6-4-8-19(21)20-9-5-7-11-22(20)23/h4-11,17-18,23H,12-16H2,1-3H3,(H,28,33)(H,30,31)/t17-,18-,27?/m0/s1. The number of alkyl carbamates (subject to hydrolysis) is 1. The smallest absolute Gasteiger partial charge is 0.408 e. The van der Waals surface area contributed by atoms with Crippen LogP contribution in [0, 0.1) is 5.92 Å². The molecule has 2 N–H and O–H groups in total. The van der Waals surface area contributed by atoms with Crippen molar-refractivity contribution in [3.63, 3.8) is 0 Å². The fourth-order valence-corrected chi connectivity index (χ4v) is 5.31. The van der Waals surface area contributed by atoms with E-state index in [2.05, 4.69) is 17.4 Å². The minimum absolute atomic E-state index is 0.0401. The monoisotopic (exact) mass is 480 g/mol. The maximum absolute atomic E-state index is 13.4. The third kappa shape index (κ3) is 4.89. The van der Waals surface area contributed by atoms with Crippen LogP contribution >= 0.6 is 0 Å². The topological polar surface area (TPSA) is 105 Å². The van der Waals surface area contributed by atoms with Crippen LogP contribution in [0.2, 0.25) is 0 Å². The second kappa shape index (κ2) is 10.1. The van der Waals surface area contributed by atoms with Gasteiger partial charge in [0.1, 0.15) is 12.1 Å². The highest BCUT2D eigenvalue weighted by molar-refractivity contribution is 5.90. The van der Waals surface area contributed by atoms with Gasteiger partial charge in [-0.15, -0.1) is 0 Å². The molecule has 4 rings (SSSR count). The van der Waals surface area contributed by atoms with Gasteiger partial charge in [-0.3, -0.25) is 9.59 Å². The lowest BCUT2D eigenvalue weighted by molar-refractivity contribution is -0.150. The van der Waals surface area contributed by atoms with Gasteiger partial charge in [-0.25, -0.2) is 4.79 Å². The van der Waals surface area contributed by atoms with Gasteiger partial charge < -0.3 is 24.8 Å². The van der Waals surface area contributed by atoms with Crippen molar-refractivity contribution in [3.05, 3.63) is 59.7 Å². The maximum atomic E-state index is 13.4. The Morgan fingerprint density at radius 1 is 1.09 bits per heavy atom. The summed E-state index contributed by atoms with van der Waals surface area (Å²) in [5, 5.41) is 12.0. The molecule has 1 aliphatic carbocycles. The van der Waals surface area contributed by atoms with Gasteiger partial charge in [0.25, 0.3) is 5.91 Å². The summed E-state index contributed by atoms with van der Waals surface area (Å²) in [6, 6.07) is 15.9. The van der Waals surface area contributed by atoms with Gasteiger partial charge in [0, 0.05) is 25.6 Å². The molecule has 1 heterocycles. The van der Waals surface area contributed by atoms with Gasteiger partial charge in [0.05, 0.1) is 12.5 Å². The van der Waals surface area contributed by atoms with Crippen LogP contribution in [-0.4, -0.2) is 66.4 Å². The number of nitrogens with one attached hydrogen (secondary N) is 1. The van der Waals surface area contributed by atoms with Crippen LogP contribution in [0.3, 0.4) is 0 Å². The molecule has 0 saturated carbocycles. The number of rotatable bonds is 7. The Morgan fingerprint density at radius 2 is 1.69 bits per heavy atom. The lowest BCUT2D eigenvalue weighted by Crippen LogP contribution is -2.63. The zero-order valence-corrected chi connectivity index (χ0v) is 20.3. The molecule has 2 aromatic rings. The van der Waals surface area contributed by atoms with E-state index in [1.165, 1.54) is 7.11 Å². The summed E-state index contributed by atoms with van der Waals surface area (Å²) >= 11 is 0. The van der Waals surface area contributed by atoms with Crippen molar-refractivity contribution in [1.82, 2.24) is 10.2 Å². The van der Waals surface area contributed by atoms with Crippen molar-refractivity contribution >= 4 is 18.0 Å². The van der Waals surface area contributed by atoms with E-state index < -0.39 is 23.5 Å². The first kappa shape index (κ1) is 24.7. The van der Waals surface area contributed by atoms with E-state index in [1.54, 1.807) is 11.8 Å². The van der Waals surface area contributed by atoms with Crippen molar-refractivity contribution in [1.29, 1.82) is 0 Å². The first-order valence-electron chi connectivity index (χ1n) is 11.9. The molecule has 0 radical (unpaired) electrons. The Bertz CT molecular complexity index is 1070. The first-order valence-corrected chi connectivity index (χ1v) is 11.9. The van der Waals surface area contributed by atoms with Crippen molar-refractivity contribution < 1.29 is 29.0 Å². The predicted molar refractivity (Wildman–Crippen MR) is 130 cm³/mol. The van der Waals surface area contributed by atoms with Gasteiger partial charge in [-0.2, -0.15) is 0 Å². The van der Waals surface area contributed by atoms with Crippen LogP contribution in [0.15, 0.2) is 48.5 Å². The molecule has 1 aliphatic heterocycles. The molecular weight excluding hydrogens is 448 g/mol. The van der Waals surface area contributed by atoms with Crippen LogP contribution in [-0.2, 0) is 19.1 Å². The molecule has 35 heavy (non-hydrogen) atoms. The molecule has 1 unspecified atom stereocenters. The summed E-state index contributed by atoms with van der Waals surface area (Å²) in [6.45, 7) is 3.84. The number of fused-ring (bicyclic) bond motifs is 3. The third-order valence-electron chi connectivity index (χ3n) is 7.11. The Hall–Kier alpha value is -3.39. The molecule has 0 bridgehead atoms. The van der Waals surface area contributed by atoms with E-state index in [0.717, 1.165) is 22.3 Å². The van der Waals surface area contributed by atoms with Crippen LogP contribution < -0.4 is 5.32 Å². The molecule has 2 aliphatic rings. The molecule has 8 nitrogen and oxygen atoms in total. The summed E-state index contributed by atoms with van der Waals surface area (Å²) in [5.74, 6) is -1.73. The largest absolute Gasteiger partial charge is 0.481 e. The minimum Gasteiger partial charge on any atom is -0.481 e. The lowest BCUT2D eigenvalue weighted by atomic mass is 9.89. The number of carboxylic acid groups (broad SMARTS) is 1. The Morgan fingerprint density at radius 3 is 2.23 bits per heavy atom. The van der Waals surface area contributed by atoms with Crippen LogP contribution in [0.4, 0.5) is 4.79 Å². The van der Waals surface area contributed by atoms with Gasteiger partial charge in [-0.05, 0) is 48.9 Å².